The number of amides is 1. The van der Waals surface area contributed by atoms with Gasteiger partial charge in [-0.3, -0.25) is 9.69 Å². The molecule has 2 aliphatic rings. The molecule has 5 nitrogen and oxygen atoms in total. The minimum absolute atomic E-state index is 0.172. The molecule has 0 aromatic heterocycles. The van der Waals surface area contributed by atoms with Crippen LogP contribution >= 0.6 is 0 Å². The lowest BCUT2D eigenvalue weighted by atomic mass is 10.0. The summed E-state index contributed by atoms with van der Waals surface area (Å²) in [6.07, 6.45) is 2.57. The number of aliphatic hydroxyl groups is 1. The molecule has 2 fully saturated rings. The smallest absolute Gasteiger partial charge is 0.248 e. The van der Waals surface area contributed by atoms with Crippen molar-refractivity contribution in [2.45, 2.75) is 25.3 Å². The number of hydrogen-bond acceptors (Lipinski definition) is 4. The molecular weight excluding hydrogens is 266 g/mol. The first-order valence-corrected chi connectivity index (χ1v) is 7.66. The number of nitrogens with zero attached hydrogens (tertiary/aromatic N) is 2. The van der Waals surface area contributed by atoms with Crippen LogP contribution in [-0.2, 0) is 11.3 Å². The van der Waals surface area contributed by atoms with E-state index >= 15 is 0 Å². The van der Waals surface area contributed by atoms with Gasteiger partial charge in [0.15, 0.2) is 0 Å². The summed E-state index contributed by atoms with van der Waals surface area (Å²) in [4.78, 5) is 15.5. The van der Waals surface area contributed by atoms with E-state index in [-0.39, 0.29) is 12.5 Å². The lowest BCUT2D eigenvalue weighted by Gasteiger charge is -2.34. The van der Waals surface area contributed by atoms with Gasteiger partial charge in [-0.15, -0.1) is 0 Å². The fourth-order valence-electron chi connectivity index (χ4n) is 3.00. The van der Waals surface area contributed by atoms with Crippen LogP contribution in [0.15, 0.2) is 18.2 Å². The Labute approximate surface area is 125 Å². The van der Waals surface area contributed by atoms with Crippen molar-refractivity contribution in [3.8, 4) is 0 Å². The first-order chi connectivity index (χ1) is 10.2. The van der Waals surface area contributed by atoms with Gasteiger partial charge >= 0.3 is 0 Å². The van der Waals surface area contributed by atoms with Gasteiger partial charge in [-0.1, -0.05) is 6.07 Å². The lowest BCUT2D eigenvalue weighted by Crippen LogP contribution is -2.49. The summed E-state index contributed by atoms with van der Waals surface area (Å²) in [5.74, 6) is 0.542. The fourth-order valence-corrected chi connectivity index (χ4v) is 3.00. The summed E-state index contributed by atoms with van der Waals surface area (Å²) in [5, 5.41) is 8.89. The molecule has 21 heavy (non-hydrogen) atoms. The van der Waals surface area contributed by atoms with Crippen molar-refractivity contribution in [2.24, 2.45) is 0 Å². The minimum atomic E-state index is -0.389. The molecule has 1 heterocycles. The molecule has 1 aliphatic heterocycles. The maximum absolute atomic E-state index is 11.4. The van der Waals surface area contributed by atoms with E-state index in [0.717, 1.165) is 25.3 Å². The Morgan fingerprint density at radius 3 is 2.52 bits per heavy atom. The van der Waals surface area contributed by atoms with E-state index in [9.17, 15) is 4.79 Å². The molecule has 114 valence electrons. The van der Waals surface area contributed by atoms with Crippen molar-refractivity contribution < 1.29 is 9.90 Å². The van der Waals surface area contributed by atoms with Gasteiger partial charge in [0.1, 0.15) is 6.61 Å². The van der Waals surface area contributed by atoms with E-state index < -0.39 is 0 Å². The standard InChI is InChI=1S/C16H23N3O2/c17-15-8-12(7-14(9-15)13-1-2-13)10-18-3-5-19(6-4-18)16(21)11-20/h7-9,13,20H,1-6,10-11,17H2. The van der Waals surface area contributed by atoms with Crippen molar-refractivity contribution in [1.82, 2.24) is 9.80 Å². The number of nitrogen functional groups attached to an aromatic ring is 1. The number of nitrogens with two attached hydrogens (primary N) is 1. The Balaban J connectivity index is 1.59. The number of hydrogen-bond donors (Lipinski definition) is 2. The Bertz CT molecular complexity index is 520. The molecule has 0 atom stereocenters. The molecule has 3 N–H and O–H groups in total. The van der Waals surface area contributed by atoms with E-state index in [1.165, 1.54) is 24.0 Å². The summed E-state index contributed by atoms with van der Waals surface area (Å²) in [6, 6.07) is 6.43. The monoisotopic (exact) mass is 289 g/mol. The predicted octanol–water partition coefficient (Wildman–Crippen LogP) is 0.783. The van der Waals surface area contributed by atoms with E-state index in [2.05, 4.69) is 23.1 Å². The SMILES string of the molecule is Nc1cc(CN2CCN(C(=O)CO)CC2)cc(C2CC2)c1. The van der Waals surface area contributed by atoms with Crippen molar-refractivity contribution in [3.05, 3.63) is 29.3 Å². The molecule has 1 saturated carbocycles. The maximum Gasteiger partial charge on any atom is 0.248 e. The first-order valence-electron chi connectivity index (χ1n) is 7.66. The number of benzene rings is 1. The first kappa shape index (κ1) is 14.4. The second-order valence-corrected chi connectivity index (χ2v) is 6.10. The molecule has 1 saturated heterocycles. The zero-order chi connectivity index (χ0) is 14.8. The Hall–Kier alpha value is -1.59. The number of carbonyl (C=O) groups is 1. The quantitative estimate of drug-likeness (QED) is 0.804. The molecule has 1 aromatic rings. The third-order valence-electron chi connectivity index (χ3n) is 4.35. The molecule has 0 bridgehead atoms. The van der Waals surface area contributed by atoms with Gasteiger partial charge < -0.3 is 15.7 Å². The van der Waals surface area contributed by atoms with Crippen LogP contribution in [0.25, 0.3) is 0 Å². The van der Waals surface area contributed by atoms with Crippen LogP contribution in [0.1, 0.15) is 29.9 Å². The fraction of sp³-hybridized carbons (Fsp3) is 0.562. The number of anilines is 1. The van der Waals surface area contributed by atoms with Crippen LogP contribution in [0.2, 0.25) is 0 Å². The highest BCUT2D eigenvalue weighted by atomic mass is 16.3. The van der Waals surface area contributed by atoms with E-state index in [1.807, 2.05) is 0 Å². The highest BCUT2D eigenvalue weighted by Crippen LogP contribution is 2.41. The summed E-state index contributed by atoms with van der Waals surface area (Å²) in [7, 11) is 0. The number of aliphatic hydroxyl groups excluding tert-OH is 1. The largest absolute Gasteiger partial charge is 0.399 e. The van der Waals surface area contributed by atoms with Crippen LogP contribution in [-0.4, -0.2) is 53.6 Å². The number of rotatable bonds is 4. The highest BCUT2D eigenvalue weighted by Gasteiger charge is 2.25. The summed E-state index contributed by atoms with van der Waals surface area (Å²) in [5.41, 5.74) is 9.50. The topological polar surface area (TPSA) is 69.8 Å². The van der Waals surface area contributed by atoms with Crippen molar-refractivity contribution in [2.75, 3.05) is 38.5 Å². The van der Waals surface area contributed by atoms with Gasteiger partial charge in [-0.25, -0.2) is 0 Å². The van der Waals surface area contributed by atoms with Gasteiger partial charge in [0.25, 0.3) is 0 Å². The Morgan fingerprint density at radius 2 is 1.90 bits per heavy atom. The van der Waals surface area contributed by atoms with E-state index in [0.29, 0.717) is 19.0 Å². The van der Waals surface area contributed by atoms with E-state index in [4.69, 9.17) is 10.8 Å². The molecule has 5 heteroatoms. The molecule has 1 aliphatic carbocycles. The van der Waals surface area contributed by atoms with E-state index in [1.54, 1.807) is 4.90 Å². The molecular formula is C16H23N3O2. The zero-order valence-corrected chi connectivity index (χ0v) is 12.3. The van der Waals surface area contributed by atoms with Crippen LogP contribution in [0, 0.1) is 0 Å². The molecule has 1 amide bonds. The Kier molecular flexibility index (Phi) is 4.12. The molecule has 3 rings (SSSR count). The highest BCUT2D eigenvalue weighted by molar-refractivity contribution is 5.77. The molecule has 1 aromatic carbocycles. The molecule has 0 unspecified atom stereocenters. The van der Waals surface area contributed by atoms with Crippen LogP contribution < -0.4 is 5.73 Å². The third kappa shape index (κ3) is 3.54. The average Bonchev–Trinajstić information content (AvgIpc) is 3.31. The van der Waals surface area contributed by atoms with Crippen molar-refractivity contribution in [3.63, 3.8) is 0 Å². The number of carbonyl (C=O) groups excluding carboxylic acids is 1. The molecule has 0 spiro atoms. The van der Waals surface area contributed by atoms with Crippen LogP contribution in [0.3, 0.4) is 0 Å². The summed E-state index contributed by atoms with van der Waals surface area (Å²) >= 11 is 0. The second kappa shape index (κ2) is 6.03. The second-order valence-electron chi connectivity index (χ2n) is 6.10. The summed E-state index contributed by atoms with van der Waals surface area (Å²) in [6.45, 7) is 3.57. The van der Waals surface area contributed by atoms with Crippen molar-refractivity contribution >= 4 is 11.6 Å². The predicted molar refractivity (Wildman–Crippen MR) is 81.8 cm³/mol. The van der Waals surface area contributed by atoms with Gasteiger partial charge in [-0.2, -0.15) is 0 Å². The average molecular weight is 289 g/mol. The summed E-state index contributed by atoms with van der Waals surface area (Å²) < 4.78 is 0. The molecule has 0 radical (unpaired) electrons. The normalized spacial score (nSPS) is 19.8. The maximum atomic E-state index is 11.4. The van der Waals surface area contributed by atoms with Crippen molar-refractivity contribution in [1.29, 1.82) is 0 Å². The number of piperazine rings is 1. The minimum Gasteiger partial charge on any atom is -0.399 e. The zero-order valence-electron chi connectivity index (χ0n) is 12.3. The van der Waals surface area contributed by atoms with Gasteiger partial charge in [0.2, 0.25) is 5.91 Å². The Morgan fingerprint density at radius 1 is 1.19 bits per heavy atom. The van der Waals surface area contributed by atoms with Crippen LogP contribution in [0.4, 0.5) is 5.69 Å². The van der Waals surface area contributed by atoms with Gasteiger partial charge in [0.05, 0.1) is 0 Å². The van der Waals surface area contributed by atoms with Gasteiger partial charge in [0, 0.05) is 38.4 Å². The van der Waals surface area contributed by atoms with Gasteiger partial charge in [-0.05, 0) is 42.0 Å². The van der Waals surface area contributed by atoms with Crippen LogP contribution in [0.5, 0.6) is 0 Å². The lowest BCUT2D eigenvalue weighted by molar-refractivity contribution is -0.135. The third-order valence-corrected chi connectivity index (χ3v) is 4.35.